The molecular formula is C17H18N4O3S. The molecule has 2 aromatic carbocycles. The SMILES string of the molecule is CC(C)NS(=O)(=O)c1cccc(C(=O)Nc2nc3ccccc3[nH]2)c1. The van der Waals surface area contributed by atoms with Crippen LogP contribution in [-0.4, -0.2) is 30.3 Å². The zero-order valence-electron chi connectivity index (χ0n) is 13.8. The average molecular weight is 358 g/mol. The van der Waals surface area contributed by atoms with Crippen LogP contribution in [0.1, 0.15) is 24.2 Å². The molecule has 0 spiro atoms. The molecule has 0 saturated heterocycles. The van der Waals surface area contributed by atoms with Crippen LogP contribution in [0.4, 0.5) is 5.95 Å². The molecule has 7 nitrogen and oxygen atoms in total. The molecule has 0 saturated carbocycles. The van der Waals surface area contributed by atoms with E-state index in [9.17, 15) is 13.2 Å². The van der Waals surface area contributed by atoms with Crippen molar-refractivity contribution < 1.29 is 13.2 Å². The number of carbonyl (C=O) groups is 1. The van der Waals surface area contributed by atoms with Crippen LogP contribution in [0.3, 0.4) is 0 Å². The quantitative estimate of drug-likeness (QED) is 0.652. The maximum Gasteiger partial charge on any atom is 0.258 e. The predicted molar refractivity (Wildman–Crippen MR) is 95.9 cm³/mol. The molecule has 8 heteroatoms. The second kappa shape index (κ2) is 6.66. The maximum atomic E-state index is 12.4. The molecule has 0 atom stereocenters. The number of sulfonamides is 1. The number of para-hydroxylation sites is 2. The Hall–Kier alpha value is -2.71. The molecule has 1 heterocycles. The lowest BCUT2D eigenvalue weighted by atomic mass is 10.2. The summed E-state index contributed by atoms with van der Waals surface area (Å²) in [6, 6.07) is 13.0. The molecule has 130 valence electrons. The van der Waals surface area contributed by atoms with E-state index in [2.05, 4.69) is 20.0 Å². The van der Waals surface area contributed by atoms with Gasteiger partial charge in [0.15, 0.2) is 0 Å². The smallest absolute Gasteiger partial charge is 0.258 e. The highest BCUT2D eigenvalue weighted by molar-refractivity contribution is 7.89. The first-order valence-corrected chi connectivity index (χ1v) is 9.22. The van der Waals surface area contributed by atoms with E-state index in [0.29, 0.717) is 5.95 Å². The predicted octanol–water partition coefficient (Wildman–Crippen LogP) is 2.50. The molecule has 3 N–H and O–H groups in total. The van der Waals surface area contributed by atoms with Gasteiger partial charge in [-0.05, 0) is 44.2 Å². The van der Waals surface area contributed by atoms with Gasteiger partial charge in [-0.2, -0.15) is 0 Å². The molecule has 1 aromatic heterocycles. The number of hydrogen-bond donors (Lipinski definition) is 3. The lowest BCUT2D eigenvalue weighted by Crippen LogP contribution is -2.30. The second-order valence-corrected chi connectivity index (χ2v) is 7.57. The van der Waals surface area contributed by atoms with E-state index in [0.717, 1.165) is 11.0 Å². The van der Waals surface area contributed by atoms with E-state index in [1.54, 1.807) is 19.9 Å². The van der Waals surface area contributed by atoms with Gasteiger partial charge in [-0.3, -0.25) is 10.1 Å². The van der Waals surface area contributed by atoms with Crippen LogP contribution in [0.15, 0.2) is 53.4 Å². The third-order valence-electron chi connectivity index (χ3n) is 3.42. The highest BCUT2D eigenvalue weighted by Gasteiger charge is 2.17. The fraction of sp³-hybridized carbons (Fsp3) is 0.176. The molecular weight excluding hydrogens is 340 g/mol. The number of rotatable bonds is 5. The fourth-order valence-electron chi connectivity index (χ4n) is 2.37. The molecule has 0 unspecified atom stereocenters. The van der Waals surface area contributed by atoms with Crippen molar-refractivity contribution in [1.29, 1.82) is 0 Å². The van der Waals surface area contributed by atoms with Gasteiger partial charge in [0.2, 0.25) is 16.0 Å². The zero-order valence-corrected chi connectivity index (χ0v) is 14.6. The van der Waals surface area contributed by atoms with E-state index in [-0.39, 0.29) is 16.5 Å². The standard InChI is InChI=1S/C17H18N4O3S/c1-11(2)21-25(23,24)13-7-5-6-12(10-13)16(22)20-17-18-14-8-3-4-9-15(14)19-17/h3-11,21H,1-2H3,(H2,18,19,20,22). The van der Waals surface area contributed by atoms with Crippen molar-refractivity contribution in [3.63, 3.8) is 0 Å². The third kappa shape index (κ3) is 3.86. The number of carbonyl (C=O) groups excluding carboxylic acids is 1. The van der Waals surface area contributed by atoms with Crippen LogP contribution < -0.4 is 10.0 Å². The number of aromatic nitrogens is 2. The summed E-state index contributed by atoms with van der Waals surface area (Å²) in [6.07, 6.45) is 0. The normalized spacial score (nSPS) is 11.8. The molecule has 3 rings (SSSR count). The molecule has 3 aromatic rings. The van der Waals surface area contributed by atoms with E-state index in [1.807, 2.05) is 24.3 Å². The Kier molecular flexibility index (Phi) is 4.56. The van der Waals surface area contributed by atoms with Crippen LogP contribution in [-0.2, 0) is 10.0 Å². The number of anilines is 1. The summed E-state index contributed by atoms with van der Waals surface area (Å²) in [5.74, 6) is -0.139. The summed E-state index contributed by atoms with van der Waals surface area (Å²) in [6.45, 7) is 3.46. The molecule has 0 fully saturated rings. The van der Waals surface area contributed by atoms with Crippen molar-refractivity contribution in [2.75, 3.05) is 5.32 Å². The van der Waals surface area contributed by atoms with Crippen molar-refractivity contribution in [1.82, 2.24) is 14.7 Å². The van der Waals surface area contributed by atoms with Crippen LogP contribution >= 0.6 is 0 Å². The van der Waals surface area contributed by atoms with Gasteiger partial charge in [0, 0.05) is 11.6 Å². The summed E-state index contributed by atoms with van der Waals surface area (Å²) in [7, 11) is -3.66. The number of nitrogens with zero attached hydrogens (tertiary/aromatic N) is 1. The number of benzene rings is 2. The van der Waals surface area contributed by atoms with Crippen LogP contribution in [0.5, 0.6) is 0 Å². The minimum atomic E-state index is -3.66. The van der Waals surface area contributed by atoms with E-state index in [4.69, 9.17) is 0 Å². The van der Waals surface area contributed by atoms with Gasteiger partial charge in [0.1, 0.15) is 0 Å². The first kappa shape index (κ1) is 17.1. The number of H-pyrrole nitrogens is 1. The summed E-state index contributed by atoms with van der Waals surface area (Å²) in [4.78, 5) is 19.7. The van der Waals surface area contributed by atoms with E-state index in [1.165, 1.54) is 18.2 Å². The Bertz CT molecular complexity index is 992. The fourth-order valence-corrected chi connectivity index (χ4v) is 3.67. The monoisotopic (exact) mass is 358 g/mol. The summed E-state index contributed by atoms with van der Waals surface area (Å²) in [5.41, 5.74) is 1.76. The Morgan fingerprint density at radius 1 is 1.12 bits per heavy atom. The zero-order chi connectivity index (χ0) is 18.0. The minimum absolute atomic E-state index is 0.0402. The van der Waals surface area contributed by atoms with Crippen molar-refractivity contribution >= 4 is 32.9 Å². The number of nitrogens with one attached hydrogen (secondary N) is 3. The molecule has 0 aliphatic carbocycles. The largest absolute Gasteiger partial charge is 0.324 e. The van der Waals surface area contributed by atoms with Gasteiger partial charge in [-0.15, -0.1) is 0 Å². The van der Waals surface area contributed by atoms with Crippen LogP contribution in [0.25, 0.3) is 11.0 Å². The van der Waals surface area contributed by atoms with Crippen LogP contribution in [0.2, 0.25) is 0 Å². The average Bonchev–Trinajstić information content (AvgIpc) is 2.96. The number of aromatic amines is 1. The van der Waals surface area contributed by atoms with Gasteiger partial charge in [-0.25, -0.2) is 18.1 Å². The number of hydrogen-bond acceptors (Lipinski definition) is 4. The highest BCUT2D eigenvalue weighted by Crippen LogP contribution is 2.16. The summed E-state index contributed by atoms with van der Waals surface area (Å²) in [5, 5.41) is 2.65. The Balaban J connectivity index is 1.84. The third-order valence-corrected chi connectivity index (χ3v) is 5.07. The molecule has 1 amide bonds. The highest BCUT2D eigenvalue weighted by atomic mass is 32.2. The number of fused-ring (bicyclic) bond motifs is 1. The van der Waals surface area contributed by atoms with Gasteiger partial charge in [0.05, 0.1) is 15.9 Å². The van der Waals surface area contributed by atoms with Crippen molar-refractivity contribution in [3.05, 3.63) is 54.1 Å². The van der Waals surface area contributed by atoms with Crippen LogP contribution in [0, 0.1) is 0 Å². The maximum absolute atomic E-state index is 12.4. The summed E-state index contributed by atoms with van der Waals surface area (Å²) < 4.78 is 27.0. The molecule has 0 radical (unpaired) electrons. The summed E-state index contributed by atoms with van der Waals surface area (Å²) >= 11 is 0. The molecule has 0 aliphatic heterocycles. The van der Waals surface area contributed by atoms with Gasteiger partial charge < -0.3 is 4.98 Å². The van der Waals surface area contributed by atoms with E-state index < -0.39 is 15.9 Å². The molecule has 25 heavy (non-hydrogen) atoms. The van der Waals surface area contributed by atoms with Crippen molar-refractivity contribution in [2.24, 2.45) is 0 Å². The van der Waals surface area contributed by atoms with E-state index >= 15 is 0 Å². The Morgan fingerprint density at radius 3 is 2.60 bits per heavy atom. The first-order valence-electron chi connectivity index (χ1n) is 7.74. The van der Waals surface area contributed by atoms with Crippen molar-refractivity contribution in [3.8, 4) is 0 Å². The molecule has 0 aliphatic rings. The minimum Gasteiger partial charge on any atom is -0.324 e. The second-order valence-electron chi connectivity index (χ2n) is 5.86. The lowest BCUT2D eigenvalue weighted by molar-refractivity contribution is 0.102. The molecule has 0 bridgehead atoms. The number of imidazole rings is 1. The Labute approximate surface area is 145 Å². The van der Waals surface area contributed by atoms with Crippen molar-refractivity contribution in [2.45, 2.75) is 24.8 Å². The topological polar surface area (TPSA) is 104 Å². The van der Waals surface area contributed by atoms with Gasteiger partial charge in [0.25, 0.3) is 5.91 Å². The van der Waals surface area contributed by atoms with Gasteiger partial charge in [-0.1, -0.05) is 18.2 Å². The van der Waals surface area contributed by atoms with Gasteiger partial charge >= 0.3 is 0 Å². The first-order chi connectivity index (χ1) is 11.8. The number of amides is 1. The lowest BCUT2D eigenvalue weighted by Gasteiger charge is -2.10. The Morgan fingerprint density at radius 2 is 1.88 bits per heavy atom.